The Balaban J connectivity index is 1.73. The summed E-state index contributed by atoms with van der Waals surface area (Å²) in [5.74, 6) is 2.08. The summed E-state index contributed by atoms with van der Waals surface area (Å²) in [4.78, 5) is 22.8. The van der Waals surface area contributed by atoms with Gasteiger partial charge in [0.05, 0.1) is 0 Å². The summed E-state index contributed by atoms with van der Waals surface area (Å²) in [6, 6.07) is 3.97. The summed E-state index contributed by atoms with van der Waals surface area (Å²) >= 11 is 0. The molecule has 1 atom stereocenters. The number of rotatable bonds is 4. The van der Waals surface area contributed by atoms with Crippen LogP contribution in [0.15, 0.2) is 22.9 Å². The number of aromatic nitrogens is 3. The maximum Gasteiger partial charge on any atom is 0.258 e. The molecule has 1 aliphatic heterocycles. The molecule has 1 saturated heterocycles. The zero-order valence-electron chi connectivity index (χ0n) is 14.3. The van der Waals surface area contributed by atoms with E-state index < -0.39 is 0 Å². The van der Waals surface area contributed by atoms with E-state index >= 15 is 0 Å². The molecule has 0 saturated carbocycles. The van der Waals surface area contributed by atoms with Crippen LogP contribution in [-0.2, 0) is 4.79 Å². The Morgan fingerprint density at radius 2 is 2.29 bits per heavy atom. The minimum absolute atomic E-state index is 0.00240. The first-order valence-electron chi connectivity index (χ1n) is 8.35. The maximum atomic E-state index is 11.9. The quantitative estimate of drug-likeness (QED) is 0.925. The number of piperidine rings is 1. The van der Waals surface area contributed by atoms with Crippen LogP contribution in [0.25, 0.3) is 11.5 Å². The molecule has 3 rings (SSSR count). The minimum atomic E-state index is 0.00240. The highest BCUT2D eigenvalue weighted by atomic mass is 16.5. The molecule has 0 spiro atoms. The highest BCUT2D eigenvalue weighted by Crippen LogP contribution is 2.24. The normalized spacial score (nSPS) is 18.0. The molecule has 3 heterocycles. The number of anilines is 1. The van der Waals surface area contributed by atoms with Crippen molar-refractivity contribution >= 4 is 11.7 Å². The summed E-state index contributed by atoms with van der Waals surface area (Å²) in [7, 11) is 0. The van der Waals surface area contributed by atoms with Crippen LogP contribution < -0.4 is 10.2 Å². The number of pyridine rings is 1. The average Bonchev–Trinajstić information content (AvgIpc) is 3.02. The second-order valence-corrected chi connectivity index (χ2v) is 6.50. The smallest absolute Gasteiger partial charge is 0.258 e. The molecule has 0 bridgehead atoms. The van der Waals surface area contributed by atoms with E-state index in [2.05, 4.69) is 25.3 Å². The predicted octanol–water partition coefficient (Wildman–Crippen LogP) is 2.18. The molecule has 1 unspecified atom stereocenters. The van der Waals surface area contributed by atoms with Gasteiger partial charge in [-0.1, -0.05) is 19.0 Å². The molecular weight excluding hydrogens is 306 g/mol. The van der Waals surface area contributed by atoms with Crippen LogP contribution in [0.4, 0.5) is 5.82 Å². The van der Waals surface area contributed by atoms with Crippen molar-refractivity contribution in [3.05, 3.63) is 24.2 Å². The molecule has 0 radical (unpaired) electrons. The number of nitrogens with zero attached hydrogens (tertiary/aromatic N) is 4. The average molecular weight is 329 g/mol. The van der Waals surface area contributed by atoms with Gasteiger partial charge in [0.25, 0.3) is 5.89 Å². The van der Waals surface area contributed by atoms with Crippen molar-refractivity contribution in [2.45, 2.75) is 39.7 Å². The van der Waals surface area contributed by atoms with Crippen LogP contribution in [0.2, 0.25) is 0 Å². The summed E-state index contributed by atoms with van der Waals surface area (Å²) in [6.07, 6.45) is 3.77. The zero-order valence-corrected chi connectivity index (χ0v) is 14.3. The number of carbonyl (C=O) groups excluding carboxylic acids is 1. The van der Waals surface area contributed by atoms with Gasteiger partial charge in [-0.3, -0.25) is 4.79 Å². The molecular formula is C17H23N5O2. The number of aryl methyl sites for hydroxylation is 1. The van der Waals surface area contributed by atoms with Crippen molar-refractivity contribution in [3.63, 3.8) is 0 Å². The molecule has 0 aromatic carbocycles. The Kier molecular flexibility index (Phi) is 4.78. The highest BCUT2D eigenvalue weighted by Gasteiger charge is 2.23. The second kappa shape index (κ2) is 6.98. The van der Waals surface area contributed by atoms with E-state index in [1.54, 1.807) is 13.1 Å². The number of carbonyl (C=O) groups is 1. The SMILES string of the molecule is Cc1noc(-c2ccnc(N3CCCC(NC(=O)C(C)C)C3)c2)n1. The second-order valence-electron chi connectivity index (χ2n) is 6.50. The molecule has 7 nitrogen and oxygen atoms in total. The van der Waals surface area contributed by atoms with Gasteiger partial charge in [-0.15, -0.1) is 0 Å². The van der Waals surface area contributed by atoms with Crippen LogP contribution >= 0.6 is 0 Å². The fraction of sp³-hybridized carbons (Fsp3) is 0.529. The van der Waals surface area contributed by atoms with Gasteiger partial charge in [-0.25, -0.2) is 4.98 Å². The molecule has 2 aromatic heterocycles. The van der Waals surface area contributed by atoms with Crippen molar-refractivity contribution in [2.75, 3.05) is 18.0 Å². The number of hydrogen-bond donors (Lipinski definition) is 1. The van der Waals surface area contributed by atoms with Gasteiger partial charge in [0.1, 0.15) is 5.82 Å². The fourth-order valence-electron chi connectivity index (χ4n) is 2.81. The van der Waals surface area contributed by atoms with Crippen LogP contribution in [0, 0.1) is 12.8 Å². The molecule has 24 heavy (non-hydrogen) atoms. The van der Waals surface area contributed by atoms with Gasteiger partial charge in [0.2, 0.25) is 5.91 Å². The zero-order chi connectivity index (χ0) is 17.1. The monoisotopic (exact) mass is 329 g/mol. The molecule has 0 aliphatic carbocycles. The lowest BCUT2D eigenvalue weighted by molar-refractivity contribution is -0.124. The van der Waals surface area contributed by atoms with Crippen molar-refractivity contribution in [1.29, 1.82) is 0 Å². The predicted molar refractivity (Wildman–Crippen MR) is 90.5 cm³/mol. The first-order valence-corrected chi connectivity index (χ1v) is 8.35. The Morgan fingerprint density at radius 1 is 1.46 bits per heavy atom. The van der Waals surface area contributed by atoms with Gasteiger partial charge >= 0.3 is 0 Å². The van der Waals surface area contributed by atoms with E-state index in [1.807, 2.05) is 26.0 Å². The molecule has 1 N–H and O–H groups in total. The van der Waals surface area contributed by atoms with Crippen molar-refractivity contribution in [1.82, 2.24) is 20.4 Å². The summed E-state index contributed by atoms with van der Waals surface area (Å²) < 4.78 is 5.23. The van der Waals surface area contributed by atoms with Crippen LogP contribution in [0.5, 0.6) is 0 Å². The summed E-state index contributed by atoms with van der Waals surface area (Å²) in [5, 5.41) is 6.95. The van der Waals surface area contributed by atoms with Crippen LogP contribution in [-0.4, -0.2) is 40.2 Å². The molecule has 2 aromatic rings. The minimum Gasteiger partial charge on any atom is -0.355 e. The number of amides is 1. The Labute approximate surface area is 141 Å². The van der Waals surface area contributed by atoms with Gasteiger partial charge in [-0.05, 0) is 31.9 Å². The van der Waals surface area contributed by atoms with E-state index in [4.69, 9.17) is 4.52 Å². The molecule has 1 amide bonds. The molecule has 1 fully saturated rings. The topological polar surface area (TPSA) is 84.2 Å². The van der Waals surface area contributed by atoms with Crippen molar-refractivity contribution in [2.24, 2.45) is 5.92 Å². The van der Waals surface area contributed by atoms with Crippen molar-refractivity contribution in [3.8, 4) is 11.5 Å². The van der Waals surface area contributed by atoms with Crippen molar-refractivity contribution < 1.29 is 9.32 Å². The third kappa shape index (κ3) is 3.72. The number of hydrogen-bond acceptors (Lipinski definition) is 6. The lowest BCUT2D eigenvalue weighted by atomic mass is 10.0. The third-order valence-corrected chi connectivity index (χ3v) is 4.14. The van der Waals surface area contributed by atoms with E-state index in [0.717, 1.165) is 37.3 Å². The first-order chi connectivity index (χ1) is 11.5. The van der Waals surface area contributed by atoms with Crippen LogP contribution in [0.3, 0.4) is 0 Å². The molecule has 1 aliphatic rings. The summed E-state index contributed by atoms with van der Waals surface area (Å²) in [6.45, 7) is 7.30. The molecule has 128 valence electrons. The highest BCUT2D eigenvalue weighted by molar-refractivity contribution is 5.78. The van der Waals surface area contributed by atoms with Gasteiger partial charge in [-0.2, -0.15) is 4.98 Å². The van der Waals surface area contributed by atoms with Gasteiger partial charge in [0.15, 0.2) is 5.82 Å². The first kappa shape index (κ1) is 16.4. The maximum absolute atomic E-state index is 11.9. The van der Waals surface area contributed by atoms with Crippen LogP contribution in [0.1, 0.15) is 32.5 Å². The lowest BCUT2D eigenvalue weighted by Gasteiger charge is -2.34. The van der Waals surface area contributed by atoms with Gasteiger partial charge in [0, 0.05) is 36.8 Å². The fourth-order valence-corrected chi connectivity index (χ4v) is 2.81. The Morgan fingerprint density at radius 3 is 3.00 bits per heavy atom. The Hall–Kier alpha value is -2.44. The van der Waals surface area contributed by atoms with E-state index in [1.165, 1.54) is 0 Å². The van der Waals surface area contributed by atoms with E-state index in [9.17, 15) is 4.79 Å². The summed E-state index contributed by atoms with van der Waals surface area (Å²) in [5.41, 5.74) is 0.855. The molecule has 7 heteroatoms. The van der Waals surface area contributed by atoms with E-state index in [-0.39, 0.29) is 17.9 Å². The number of nitrogens with one attached hydrogen (secondary N) is 1. The van der Waals surface area contributed by atoms with E-state index in [0.29, 0.717) is 11.7 Å². The Bertz CT molecular complexity index is 713. The third-order valence-electron chi connectivity index (χ3n) is 4.14. The standard InChI is InChI=1S/C17H23N5O2/c1-11(2)16(23)20-14-5-4-8-22(10-14)15-9-13(6-7-18-15)17-19-12(3)21-24-17/h6-7,9,11,14H,4-5,8,10H2,1-3H3,(H,20,23). The lowest BCUT2D eigenvalue weighted by Crippen LogP contribution is -2.49. The largest absolute Gasteiger partial charge is 0.355 e. The van der Waals surface area contributed by atoms with Gasteiger partial charge < -0.3 is 14.7 Å².